The number of halogens is 2. The van der Waals surface area contributed by atoms with Crippen LogP contribution >= 0.6 is 11.6 Å². The lowest BCUT2D eigenvalue weighted by molar-refractivity contribution is 0.629. The Morgan fingerprint density at radius 3 is 2.68 bits per heavy atom. The van der Waals surface area contributed by atoms with E-state index >= 15 is 0 Å². The van der Waals surface area contributed by atoms with Gasteiger partial charge in [0.05, 0.1) is 10.5 Å². The summed E-state index contributed by atoms with van der Waals surface area (Å²) in [4.78, 5) is 4.49. The zero-order valence-corrected chi connectivity index (χ0v) is 12.0. The molecule has 0 saturated carbocycles. The fraction of sp³-hybridized carbons (Fsp3) is 0.400. The minimum atomic E-state index is -0.347. The highest BCUT2D eigenvalue weighted by Gasteiger charge is 2.10. The largest absolute Gasteiger partial charge is 0.384 e. The zero-order valence-electron chi connectivity index (χ0n) is 11.3. The van der Waals surface area contributed by atoms with E-state index in [0.29, 0.717) is 10.5 Å². The van der Waals surface area contributed by atoms with Gasteiger partial charge in [0, 0.05) is 29.4 Å². The fourth-order valence-electron chi connectivity index (χ4n) is 2.12. The first kappa shape index (κ1) is 14.1. The maximum Gasteiger partial charge on any atom is 0.126 e. The first-order valence-electron chi connectivity index (χ1n) is 6.68. The highest BCUT2D eigenvalue weighted by Crippen LogP contribution is 2.31. The molecule has 1 N–H and O–H groups in total. The molecule has 102 valence electrons. The van der Waals surface area contributed by atoms with Crippen LogP contribution < -0.4 is 5.32 Å². The van der Waals surface area contributed by atoms with E-state index in [1.165, 1.54) is 12.1 Å². The fourth-order valence-corrected chi connectivity index (χ4v) is 2.43. The van der Waals surface area contributed by atoms with Crippen LogP contribution in [0.15, 0.2) is 18.2 Å². The van der Waals surface area contributed by atoms with Crippen molar-refractivity contribution < 1.29 is 4.39 Å². The first-order valence-corrected chi connectivity index (χ1v) is 7.06. The topological polar surface area (TPSA) is 24.9 Å². The number of rotatable bonds is 5. The molecule has 0 unspecified atom stereocenters. The van der Waals surface area contributed by atoms with Crippen LogP contribution in [-0.4, -0.2) is 11.5 Å². The smallest absolute Gasteiger partial charge is 0.126 e. The summed E-state index contributed by atoms with van der Waals surface area (Å²) in [5, 5.41) is 4.56. The standard InChI is InChI=1S/C15H18ClFN2/c1-3-5-11-9-13(18-6-4-2)15-12(16)7-10(17)8-14(15)19-11/h7-9H,3-6H2,1-2H3,(H,18,19). The molecule has 0 atom stereocenters. The van der Waals surface area contributed by atoms with Crippen molar-refractivity contribution in [3.63, 3.8) is 0 Å². The minimum Gasteiger partial charge on any atom is -0.384 e. The number of hydrogen-bond acceptors (Lipinski definition) is 2. The Bertz CT molecular complexity index is 584. The lowest BCUT2D eigenvalue weighted by Gasteiger charge is -2.12. The number of aryl methyl sites for hydroxylation is 1. The molecule has 2 aromatic rings. The molecule has 0 aliphatic heterocycles. The number of nitrogens with one attached hydrogen (secondary N) is 1. The molecule has 1 aromatic carbocycles. The van der Waals surface area contributed by atoms with Crippen LogP contribution in [-0.2, 0) is 6.42 Å². The third-order valence-corrected chi connectivity index (χ3v) is 3.25. The van der Waals surface area contributed by atoms with Gasteiger partial charge in [0.2, 0.25) is 0 Å². The molecule has 0 aliphatic rings. The molecule has 1 heterocycles. The van der Waals surface area contributed by atoms with Gasteiger partial charge in [-0.2, -0.15) is 0 Å². The summed E-state index contributed by atoms with van der Waals surface area (Å²) in [6, 6.07) is 4.80. The Balaban J connectivity index is 2.60. The van der Waals surface area contributed by atoms with Crippen LogP contribution in [0.1, 0.15) is 32.4 Å². The highest BCUT2D eigenvalue weighted by molar-refractivity contribution is 6.36. The summed E-state index contributed by atoms with van der Waals surface area (Å²) in [6.45, 7) is 5.06. The van der Waals surface area contributed by atoms with Crippen molar-refractivity contribution in [2.24, 2.45) is 0 Å². The van der Waals surface area contributed by atoms with Gasteiger partial charge < -0.3 is 5.32 Å². The number of nitrogens with zero attached hydrogens (tertiary/aromatic N) is 1. The zero-order chi connectivity index (χ0) is 13.8. The predicted octanol–water partition coefficient (Wildman–Crippen LogP) is 4.80. The number of fused-ring (bicyclic) bond motifs is 1. The van der Waals surface area contributed by atoms with Gasteiger partial charge in [0.25, 0.3) is 0 Å². The lowest BCUT2D eigenvalue weighted by atomic mass is 10.1. The van der Waals surface area contributed by atoms with Crippen molar-refractivity contribution in [3.8, 4) is 0 Å². The first-order chi connectivity index (χ1) is 9.15. The van der Waals surface area contributed by atoms with Crippen molar-refractivity contribution in [3.05, 3.63) is 34.7 Å². The van der Waals surface area contributed by atoms with E-state index in [0.717, 1.165) is 42.6 Å². The summed E-state index contributed by atoms with van der Waals surface area (Å²) < 4.78 is 13.5. The Kier molecular flexibility index (Phi) is 4.59. The second-order valence-electron chi connectivity index (χ2n) is 4.62. The molecule has 19 heavy (non-hydrogen) atoms. The third kappa shape index (κ3) is 3.16. The van der Waals surface area contributed by atoms with Crippen molar-refractivity contribution >= 4 is 28.2 Å². The Morgan fingerprint density at radius 1 is 1.21 bits per heavy atom. The Hall–Kier alpha value is -1.35. The quantitative estimate of drug-likeness (QED) is 0.851. The van der Waals surface area contributed by atoms with Crippen LogP contribution in [0.2, 0.25) is 5.02 Å². The summed E-state index contributed by atoms with van der Waals surface area (Å²) in [6.07, 6.45) is 2.91. The molecule has 0 spiro atoms. The van der Waals surface area contributed by atoms with Crippen molar-refractivity contribution in [1.82, 2.24) is 4.98 Å². The van der Waals surface area contributed by atoms with Gasteiger partial charge in [-0.25, -0.2) is 4.39 Å². The van der Waals surface area contributed by atoms with E-state index in [-0.39, 0.29) is 5.82 Å². The van der Waals surface area contributed by atoms with E-state index in [1.54, 1.807) is 0 Å². The van der Waals surface area contributed by atoms with Gasteiger partial charge in [-0.15, -0.1) is 0 Å². The van der Waals surface area contributed by atoms with Crippen molar-refractivity contribution in [2.75, 3.05) is 11.9 Å². The average molecular weight is 281 g/mol. The van der Waals surface area contributed by atoms with Gasteiger partial charge >= 0.3 is 0 Å². The van der Waals surface area contributed by atoms with Gasteiger partial charge in [-0.1, -0.05) is 31.9 Å². The molecule has 0 amide bonds. The molecule has 0 aliphatic carbocycles. The van der Waals surface area contributed by atoms with Crippen LogP contribution in [0.25, 0.3) is 10.9 Å². The van der Waals surface area contributed by atoms with E-state index < -0.39 is 0 Å². The normalized spacial score (nSPS) is 10.9. The Morgan fingerprint density at radius 2 is 2.00 bits per heavy atom. The average Bonchev–Trinajstić information content (AvgIpc) is 2.35. The number of benzene rings is 1. The third-order valence-electron chi connectivity index (χ3n) is 2.95. The number of aromatic nitrogens is 1. The molecule has 2 rings (SSSR count). The van der Waals surface area contributed by atoms with E-state index in [2.05, 4.69) is 24.1 Å². The number of pyridine rings is 1. The maximum absolute atomic E-state index is 13.5. The van der Waals surface area contributed by atoms with Gasteiger partial charge in [0.15, 0.2) is 0 Å². The molecule has 4 heteroatoms. The molecule has 0 bridgehead atoms. The summed E-state index contributed by atoms with van der Waals surface area (Å²) >= 11 is 6.16. The van der Waals surface area contributed by atoms with Crippen LogP contribution in [0.3, 0.4) is 0 Å². The van der Waals surface area contributed by atoms with E-state index in [9.17, 15) is 4.39 Å². The molecule has 0 saturated heterocycles. The molecule has 0 radical (unpaired) electrons. The summed E-state index contributed by atoms with van der Waals surface area (Å²) in [5.74, 6) is -0.347. The second kappa shape index (κ2) is 6.20. The molecular formula is C15H18ClFN2. The van der Waals surface area contributed by atoms with Crippen molar-refractivity contribution in [1.29, 1.82) is 0 Å². The SMILES string of the molecule is CCCNc1cc(CCC)nc2cc(F)cc(Cl)c12. The summed E-state index contributed by atoms with van der Waals surface area (Å²) in [5.41, 5.74) is 2.53. The maximum atomic E-state index is 13.5. The van der Waals surface area contributed by atoms with E-state index in [4.69, 9.17) is 11.6 Å². The molecule has 2 nitrogen and oxygen atoms in total. The van der Waals surface area contributed by atoms with Crippen LogP contribution in [0.5, 0.6) is 0 Å². The Labute approximate surface area is 118 Å². The predicted molar refractivity (Wildman–Crippen MR) is 79.5 cm³/mol. The van der Waals surface area contributed by atoms with Crippen molar-refractivity contribution in [2.45, 2.75) is 33.1 Å². The number of anilines is 1. The molecule has 1 aromatic heterocycles. The van der Waals surface area contributed by atoms with Gasteiger partial charge in [0.1, 0.15) is 5.82 Å². The van der Waals surface area contributed by atoms with Gasteiger partial charge in [-0.3, -0.25) is 4.98 Å². The summed E-state index contributed by atoms with van der Waals surface area (Å²) in [7, 11) is 0. The highest BCUT2D eigenvalue weighted by atomic mass is 35.5. The van der Waals surface area contributed by atoms with Gasteiger partial charge in [-0.05, 0) is 25.0 Å². The monoisotopic (exact) mass is 280 g/mol. The van der Waals surface area contributed by atoms with Crippen LogP contribution in [0, 0.1) is 5.82 Å². The second-order valence-corrected chi connectivity index (χ2v) is 5.03. The molecular weight excluding hydrogens is 263 g/mol. The lowest BCUT2D eigenvalue weighted by Crippen LogP contribution is -2.03. The van der Waals surface area contributed by atoms with Crippen LogP contribution in [0.4, 0.5) is 10.1 Å². The molecule has 0 fully saturated rings. The van der Waals surface area contributed by atoms with E-state index in [1.807, 2.05) is 6.07 Å². The number of hydrogen-bond donors (Lipinski definition) is 1. The minimum absolute atomic E-state index is 0.347.